The molecule has 94 valence electrons. The van der Waals surface area contributed by atoms with Gasteiger partial charge in [-0.15, -0.1) is 0 Å². The molecule has 5 heteroatoms. The van der Waals surface area contributed by atoms with Crippen LogP contribution in [0.5, 0.6) is 5.75 Å². The fourth-order valence-electron chi connectivity index (χ4n) is 1.32. The highest BCUT2D eigenvalue weighted by Gasteiger charge is 2.39. The Labute approximate surface area is 102 Å². The van der Waals surface area contributed by atoms with E-state index in [0.717, 1.165) is 6.26 Å². The normalized spacial score (nSPS) is 12.2. The maximum Gasteiger partial charge on any atom is 0.187 e. The first-order chi connectivity index (χ1) is 7.71. The van der Waals surface area contributed by atoms with Gasteiger partial charge in [0.15, 0.2) is 15.6 Å². The van der Waals surface area contributed by atoms with E-state index in [0.29, 0.717) is 5.75 Å². The van der Waals surface area contributed by atoms with Crippen molar-refractivity contribution in [1.82, 2.24) is 0 Å². The van der Waals surface area contributed by atoms with Crippen LogP contribution in [-0.4, -0.2) is 32.3 Å². The summed E-state index contributed by atoms with van der Waals surface area (Å²) < 4.78 is 26.8. The molecule has 1 aromatic carbocycles. The molecule has 0 unspecified atom stereocenters. The average molecular weight is 256 g/mol. The van der Waals surface area contributed by atoms with Gasteiger partial charge in [0.25, 0.3) is 0 Å². The fourth-order valence-corrected chi connectivity index (χ4v) is 1.77. The van der Waals surface area contributed by atoms with E-state index in [1.165, 1.54) is 21.0 Å². The second kappa shape index (κ2) is 4.49. The first-order valence-electron chi connectivity index (χ1n) is 5.09. The molecule has 4 nitrogen and oxygen atoms in total. The molecule has 0 heterocycles. The van der Waals surface area contributed by atoms with Gasteiger partial charge in [0.05, 0.1) is 12.7 Å². The molecule has 0 aliphatic heterocycles. The lowest BCUT2D eigenvalue weighted by atomic mass is 9.99. The van der Waals surface area contributed by atoms with Crippen LogP contribution in [-0.2, 0) is 9.84 Å². The fraction of sp³-hybridized carbons (Fsp3) is 0.417. The zero-order chi connectivity index (χ0) is 13.3. The molecule has 0 N–H and O–H groups in total. The van der Waals surface area contributed by atoms with Gasteiger partial charge >= 0.3 is 0 Å². The van der Waals surface area contributed by atoms with Crippen molar-refractivity contribution in [2.45, 2.75) is 18.6 Å². The van der Waals surface area contributed by atoms with Gasteiger partial charge in [-0.05, 0) is 26.0 Å². The average Bonchev–Trinajstić information content (AvgIpc) is 2.26. The molecule has 0 spiro atoms. The highest BCUT2D eigenvalue weighted by molar-refractivity contribution is 7.92. The SMILES string of the molecule is COc1ccccc1C(=O)C(C)(C)S(C)(=O)=O. The van der Waals surface area contributed by atoms with Crippen LogP contribution in [0.4, 0.5) is 0 Å². The molecule has 0 fully saturated rings. The van der Waals surface area contributed by atoms with E-state index in [-0.39, 0.29) is 5.56 Å². The number of Topliss-reactive ketones (excluding diaryl/α,β-unsaturated/α-hetero) is 1. The second-order valence-corrected chi connectivity index (χ2v) is 6.88. The number of rotatable bonds is 4. The molecule has 0 bridgehead atoms. The number of benzene rings is 1. The Morgan fingerprint density at radius 3 is 2.24 bits per heavy atom. The van der Waals surface area contributed by atoms with Crippen molar-refractivity contribution in [3.8, 4) is 5.75 Å². The number of ether oxygens (including phenoxy) is 1. The van der Waals surface area contributed by atoms with Gasteiger partial charge in [0, 0.05) is 6.26 Å². The Bertz CT molecular complexity index is 529. The maximum absolute atomic E-state index is 12.2. The van der Waals surface area contributed by atoms with Crippen molar-refractivity contribution >= 4 is 15.6 Å². The number of para-hydroxylation sites is 1. The van der Waals surface area contributed by atoms with E-state index in [9.17, 15) is 13.2 Å². The molecule has 0 saturated carbocycles. The summed E-state index contributed by atoms with van der Waals surface area (Å²) in [5.74, 6) is -0.0772. The minimum atomic E-state index is -3.48. The maximum atomic E-state index is 12.2. The van der Waals surface area contributed by atoms with Crippen LogP contribution >= 0.6 is 0 Å². The van der Waals surface area contributed by atoms with Crippen molar-refractivity contribution < 1.29 is 17.9 Å². The molecule has 17 heavy (non-hydrogen) atoms. The predicted molar refractivity (Wildman–Crippen MR) is 66.2 cm³/mol. The first-order valence-corrected chi connectivity index (χ1v) is 6.98. The van der Waals surface area contributed by atoms with Gasteiger partial charge in [-0.2, -0.15) is 0 Å². The summed E-state index contributed by atoms with van der Waals surface area (Å²) in [6.07, 6.45) is 1.06. The van der Waals surface area contributed by atoms with Crippen molar-refractivity contribution in [2.75, 3.05) is 13.4 Å². The highest BCUT2D eigenvalue weighted by Crippen LogP contribution is 2.27. The molecule has 1 rings (SSSR count). The van der Waals surface area contributed by atoms with Crippen molar-refractivity contribution in [3.05, 3.63) is 29.8 Å². The quantitative estimate of drug-likeness (QED) is 0.769. The van der Waals surface area contributed by atoms with Crippen molar-refractivity contribution in [2.24, 2.45) is 0 Å². The largest absolute Gasteiger partial charge is 0.496 e. The van der Waals surface area contributed by atoms with Gasteiger partial charge in [-0.25, -0.2) is 8.42 Å². The molecule has 0 aliphatic rings. The predicted octanol–water partition coefficient (Wildman–Crippen LogP) is 1.70. The van der Waals surface area contributed by atoms with E-state index < -0.39 is 20.4 Å². The molecule has 0 atom stereocenters. The van der Waals surface area contributed by atoms with E-state index in [1.807, 2.05) is 0 Å². The van der Waals surface area contributed by atoms with E-state index >= 15 is 0 Å². The van der Waals surface area contributed by atoms with Crippen LogP contribution in [0.15, 0.2) is 24.3 Å². The Kier molecular flexibility index (Phi) is 3.62. The molecular weight excluding hydrogens is 240 g/mol. The van der Waals surface area contributed by atoms with Gasteiger partial charge in [0.2, 0.25) is 0 Å². The summed E-state index contributed by atoms with van der Waals surface area (Å²) >= 11 is 0. The Morgan fingerprint density at radius 2 is 1.76 bits per heavy atom. The molecule has 0 saturated heterocycles. The molecular formula is C12H16O4S. The minimum absolute atomic E-state index is 0.283. The smallest absolute Gasteiger partial charge is 0.187 e. The summed E-state index contributed by atoms with van der Waals surface area (Å²) in [5.41, 5.74) is 0.283. The van der Waals surface area contributed by atoms with Crippen LogP contribution in [0.2, 0.25) is 0 Å². The zero-order valence-electron chi connectivity index (χ0n) is 10.4. The number of sulfone groups is 1. The van der Waals surface area contributed by atoms with Gasteiger partial charge in [-0.1, -0.05) is 12.1 Å². The number of carbonyl (C=O) groups excluding carboxylic acids is 1. The Balaban J connectivity index is 3.31. The first kappa shape index (κ1) is 13.7. The third-order valence-electron chi connectivity index (χ3n) is 2.83. The molecule has 0 aromatic heterocycles. The number of carbonyl (C=O) groups is 1. The van der Waals surface area contributed by atoms with Crippen molar-refractivity contribution in [1.29, 1.82) is 0 Å². The second-order valence-electron chi connectivity index (χ2n) is 4.31. The molecule has 0 amide bonds. The standard InChI is InChI=1S/C12H16O4S/c1-12(2,17(4,14)15)11(13)9-7-5-6-8-10(9)16-3/h5-8H,1-4H3. The van der Waals surface area contributed by atoms with E-state index in [2.05, 4.69) is 0 Å². The Morgan fingerprint density at radius 1 is 1.24 bits per heavy atom. The number of hydrogen-bond donors (Lipinski definition) is 0. The third kappa shape index (κ3) is 2.49. The minimum Gasteiger partial charge on any atom is -0.496 e. The lowest BCUT2D eigenvalue weighted by Crippen LogP contribution is -2.40. The summed E-state index contributed by atoms with van der Waals surface area (Å²) in [6.45, 7) is 2.80. The lowest BCUT2D eigenvalue weighted by Gasteiger charge is -2.21. The summed E-state index contributed by atoms with van der Waals surface area (Å²) in [4.78, 5) is 12.2. The molecule has 0 aliphatic carbocycles. The number of methoxy groups -OCH3 is 1. The van der Waals surface area contributed by atoms with E-state index in [4.69, 9.17) is 4.74 Å². The molecule has 0 radical (unpaired) electrons. The van der Waals surface area contributed by atoms with Crippen LogP contribution in [0.3, 0.4) is 0 Å². The van der Waals surface area contributed by atoms with Crippen LogP contribution < -0.4 is 4.74 Å². The number of ketones is 1. The topological polar surface area (TPSA) is 60.4 Å². The summed E-state index contributed by atoms with van der Waals surface area (Å²) in [7, 11) is -2.04. The van der Waals surface area contributed by atoms with E-state index in [1.54, 1.807) is 24.3 Å². The highest BCUT2D eigenvalue weighted by atomic mass is 32.2. The van der Waals surface area contributed by atoms with Gasteiger partial charge in [-0.3, -0.25) is 4.79 Å². The van der Waals surface area contributed by atoms with Crippen LogP contribution in [0.1, 0.15) is 24.2 Å². The van der Waals surface area contributed by atoms with Gasteiger partial charge in [0.1, 0.15) is 10.5 Å². The summed E-state index contributed by atoms with van der Waals surface area (Å²) in [6, 6.07) is 6.59. The monoisotopic (exact) mass is 256 g/mol. The lowest BCUT2D eigenvalue weighted by molar-refractivity contribution is 0.0951. The Hall–Kier alpha value is -1.36. The van der Waals surface area contributed by atoms with Crippen LogP contribution in [0.25, 0.3) is 0 Å². The summed E-state index contributed by atoms with van der Waals surface area (Å²) in [5, 5.41) is 0. The third-order valence-corrected chi connectivity index (χ3v) is 4.86. The van der Waals surface area contributed by atoms with Crippen molar-refractivity contribution in [3.63, 3.8) is 0 Å². The zero-order valence-corrected chi connectivity index (χ0v) is 11.2. The molecule has 1 aromatic rings. The number of hydrogen-bond acceptors (Lipinski definition) is 4. The van der Waals surface area contributed by atoms with Crippen LogP contribution in [0, 0.1) is 0 Å². The van der Waals surface area contributed by atoms with Gasteiger partial charge < -0.3 is 4.74 Å².